The smallest absolute Gasteiger partial charge is 0.327 e. The highest BCUT2D eigenvalue weighted by Gasteiger charge is 2.45. The van der Waals surface area contributed by atoms with E-state index in [0.717, 1.165) is 5.41 Å². The molecule has 0 amide bonds. The van der Waals surface area contributed by atoms with Crippen LogP contribution in [0.3, 0.4) is 0 Å². The second kappa shape index (κ2) is 5.74. The molecular weight excluding hydrogens is 282 g/mol. The summed E-state index contributed by atoms with van der Waals surface area (Å²) < 4.78 is 31.1. The highest BCUT2D eigenvalue weighted by atomic mass is 32.2. The van der Waals surface area contributed by atoms with Crippen LogP contribution >= 0.6 is 0 Å². The van der Waals surface area contributed by atoms with Crippen molar-refractivity contribution in [2.75, 3.05) is 13.2 Å². The lowest BCUT2D eigenvalue weighted by molar-refractivity contribution is -0.144. The molecule has 0 spiro atoms. The largest absolute Gasteiger partial charge is 0.480 e. The van der Waals surface area contributed by atoms with Gasteiger partial charge >= 0.3 is 5.97 Å². The Hall–Kier alpha value is -1.70. The summed E-state index contributed by atoms with van der Waals surface area (Å²) in [5, 5.41) is 10.1. The van der Waals surface area contributed by atoms with Crippen molar-refractivity contribution in [3.05, 3.63) is 41.3 Å². The van der Waals surface area contributed by atoms with Crippen LogP contribution in [0.15, 0.2) is 35.7 Å². The third-order valence-corrected chi connectivity index (χ3v) is 4.18. The predicted octanol–water partition coefficient (Wildman–Crippen LogP) is 0.820. The minimum atomic E-state index is -3.86. The molecule has 20 heavy (non-hydrogen) atoms. The Kier molecular flexibility index (Phi) is 4.22. The minimum absolute atomic E-state index is 0.112. The topological polar surface area (TPSA) is 92.7 Å². The molecule has 1 aromatic rings. The summed E-state index contributed by atoms with van der Waals surface area (Å²) in [5.41, 5.74) is -0.857. The van der Waals surface area contributed by atoms with E-state index in [9.17, 15) is 18.3 Å². The van der Waals surface area contributed by atoms with E-state index in [-0.39, 0.29) is 19.6 Å². The molecule has 1 aliphatic heterocycles. The van der Waals surface area contributed by atoms with E-state index in [0.29, 0.717) is 5.56 Å². The number of hydrogen-bond donors (Lipinski definition) is 2. The van der Waals surface area contributed by atoms with Crippen LogP contribution in [0.1, 0.15) is 12.0 Å². The number of rotatable bonds is 5. The first-order valence-corrected chi connectivity index (χ1v) is 7.56. The van der Waals surface area contributed by atoms with E-state index in [1.807, 2.05) is 6.07 Å². The number of aliphatic carboxylic acids is 1. The lowest BCUT2D eigenvalue weighted by atomic mass is 10.0. The average Bonchev–Trinajstić information content (AvgIpc) is 2.87. The third-order valence-electron chi connectivity index (χ3n) is 3.01. The number of benzene rings is 1. The van der Waals surface area contributed by atoms with E-state index in [2.05, 4.69) is 4.72 Å². The summed E-state index contributed by atoms with van der Waals surface area (Å²) in [5.74, 6) is -1.23. The molecule has 108 valence electrons. The van der Waals surface area contributed by atoms with Crippen molar-refractivity contribution in [1.29, 1.82) is 0 Å². The van der Waals surface area contributed by atoms with Crippen LogP contribution < -0.4 is 4.72 Å². The quantitative estimate of drug-likeness (QED) is 0.839. The fourth-order valence-corrected chi connectivity index (χ4v) is 3.09. The molecule has 6 nitrogen and oxygen atoms in total. The normalized spacial score (nSPS) is 23.2. The zero-order valence-corrected chi connectivity index (χ0v) is 11.5. The molecule has 1 unspecified atom stereocenters. The van der Waals surface area contributed by atoms with Crippen molar-refractivity contribution in [2.24, 2.45) is 0 Å². The van der Waals surface area contributed by atoms with Gasteiger partial charge in [-0.25, -0.2) is 8.42 Å². The number of sulfonamides is 1. The first-order chi connectivity index (χ1) is 9.44. The highest BCUT2D eigenvalue weighted by Crippen LogP contribution is 2.20. The van der Waals surface area contributed by atoms with E-state index in [1.165, 1.54) is 6.08 Å². The van der Waals surface area contributed by atoms with Crippen molar-refractivity contribution in [3.63, 3.8) is 0 Å². The number of hydrogen-bond acceptors (Lipinski definition) is 4. The van der Waals surface area contributed by atoms with E-state index < -0.39 is 21.5 Å². The van der Waals surface area contributed by atoms with Gasteiger partial charge in [0.25, 0.3) is 0 Å². The molecule has 0 bridgehead atoms. The Balaban J connectivity index is 2.15. The number of carbonyl (C=O) groups is 1. The summed E-state index contributed by atoms with van der Waals surface area (Å²) in [6.07, 6.45) is 1.52. The zero-order chi connectivity index (χ0) is 14.6. The van der Waals surface area contributed by atoms with Crippen LogP contribution in [0.25, 0.3) is 6.08 Å². The maximum absolute atomic E-state index is 12.0. The van der Waals surface area contributed by atoms with Gasteiger partial charge in [0, 0.05) is 18.4 Å². The standard InChI is InChI=1S/C13H15NO5S/c15-12(16)13(7-8-19-10-13)14-20(17,18)9-6-11-4-2-1-3-5-11/h1-6,9,14H,7-8,10H2,(H,15,16). The van der Waals surface area contributed by atoms with Gasteiger partial charge in [-0.15, -0.1) is 0 Å². The monoisotopic (exact) mass is 297 g/mol. The summed E-state index contributed by atoms with van der Waals surface area (Å²) in [4.78, 5) is 11.2. The summed E-state index contributed by atoms with van der Waals surface area (Å²) in [7, 11) is -3.86. The molecule has 2 N–H and O–H groups in total. The Bertz CT molecular complexity index is 603. The minimum Gasteiger partial charge on any atom is -0.480 e. The lowest BCUT2D eigenvalue weighted by Gasteiger charge is -2.22. The molecule has 0 aromatic heterocycles. The maximum Gasteiger partial charge on any atom is 0.327 e. The van der Waals surface area contributed by atoms with Gasteiger partial charge < -0.3 is 9.84 Å². The van der Waals surface area contributed by atoms with Crippen molar-refractivity contribution >= 4 is 22.1 Å². The molecule has 1 heterocycles. The second-order valence-corrected chi connectivity index (χ2v) is 6.12. The number of carboxylic acid groups (broad SMARTS) is 1. The molecule has 1 saturated heterocycles. The molecule has 0 radical (unpaired) electrons. The van der Waals surface area contributed by atoms with Crippen LogP contribution in [-0.4, -0.2) is 38.2 Å². The Morgan fingerprint density at radius 1 is 1.35 bits per heavy atom. The van der Waals surface area contributed by atoms with Crippen LogP contribution in [0, 0.1) is 0 Å². The van der Waals surface area contributed by atoms with Crippen molar-refractivity contribution < 1.29 is 23.1 Å². The van der Waals surface area contributed by atoms with Crippen LogP contribution in [0.4, 0.5) is 0 Å². The van der Waals surface area contributed by atoms with Gasteiger partial charge in [0.15, 0.2) is 5.54 Å². The van der Waals surface area contributed by atoms with Crippen molar-refractivity contribution in [1.82, 2.24) is 4.72 Å². The maximum atomic E-state index is 12.0. The van der Waals surface area contributed by atoms with Gasteiger partial charge in [-0.2, -0.15) is 4.72 Å². The van der Waals surface area contributed by atoms with E-state index in [1.54, 1.807) is 24.3 Å². The SMILES string of the molecule is O=C(O)C1(NS(=O)(=O)C=Cc2ccccc2)CCOC1. The molecule has 1 aliphatic rings. The van der Waals surface area contributed by atoms with Crippen molar-refractivity contribution in [3.8, 4) is 0 Å². The van der Waals surface area contributed by atoms with Crippen LogP contribution in [0.5, 0.6) is 0 Å². The van der Waals surface area contributed by atoms with Gasteiger partial charge in [-0.05, 0) is 11.6 Å². The Labute approximate surface area is 117 Å². The first kappa shape index (κ1) is 14.7. The fourth-order valence-electron chi connectivity index (χ4n) is 1.90. The van der Waals surface area contributed by atoms with Gasteiger partial charge in [0.1, 0.15) is 0 Å². The Morgan fingerprint density at radius 3 is 2.60 bits per heavy atom. The predicted molar refractivity (Wildman–Crippen MR) is 73.3 cm³/mol. The average molecular weight is 297 g/mol. The molecular formula is C13H15NO5S. The molecule has 1 atom stereocenters. The molecule has 7 heteroatoms. The number of nitrogens with one attached hydrogen (secondary N) is 1. The summed E-state index contributed by atoms with van der Waals surface area (Å²) in [6, 6.07) is 8.88. The number of carboxylic acids is 1. The zero-order valence-electron chi connectivity index (χ0n) is 10.7. The summed E-state index contributed by atoms with van der Waals surface area (Å²) in [6.45, 7) is 0.0535. The molecule has 0 aliphatic carbocycles. The first-order valence-electron chi connectivity index (χ1n) is 6.02. The molecule has 1 fully saturated rings. The van der Waals surface area contributed by atoms with Gasteiger partial charge in [0.2, 0.25) is 10.0 Å². The van der Waals surface area contributed by atoms with E-state index >= 15 is 0 Å². The van der Waals surface area contributed by atoms with Gasteiger partial charge in [0.05, 0.1) is 6.61 Å². The lowest BCUT2D eigenvalue weighted by Crippen LogP contribution is -2.54. The van der Waals surface area contributed by atoms with Crippen LogP contribution in [-0.2, 0) is 19.6 Å². The van der Waals surface area contributed by atoms with Crippen LogP contribution in [0.2, 0.25) is 0 Å². The van der Waals surface area contributed by atoms with Crippen molar-refractivity contribution in [2.45, 2.75) is 12.0 Å². The highest BCUT2D eigenvalue weighted by molar-refractivity contribution is 7.92. The molecule has 0 saturated carbocycles. The molecule has 2 rings (SSSR count). The van der Waals surface area contributed by atoms with Gasteiger partial charge in [-0.1, -0.05) is 30.3 Å². The Morgan fingerprint density at radius 2 is 2.05 bits per heavy atom. The van der Waals surface area contributed by atoms with E-state index in [4.69, 9.17) is 4.74 Å². The fraction of sp³-hybridized carbons (Fsp3) is 0.308. The third kappa shape index (κ3) is 3.44. The summed E-state index contributed by atoms with van der Waals surface area (Å²) >= 11 is 0. The number of ether oxygens (including phenoxy) is 1. The molecule has 1 aromatic carbocycles. The second-order valence-electron chi connectivity index (χ2n) is 4.55. The van der Waals surface area contributed by atoms with Gasteiger partial charge in [-0.3, -0.25) is 4.79 Å².